The van der Waals surface area contributed by atoms with Crippen LogP contribution in [0.3, 0.4) is 0 Å². The largest absolute Gasteiger partial charge is 0.360 e. The molecule has 0 aromatic heterocycles. The van der Waals surface area contributed by atoms with Gasteiger partial charge in [-0.15, -0.1) is 0 Å². The first-order valence-corrected chi connectivity index (χ1v) is 7.18. The second-order valence-corrected chi connectivity index (χ2v) is 5.89. The third-order valence-corrected chi connectivity index (χ3v) is 3.36. The highest BCUT2D eigenvalue weighted by Gasteiger charge is 2.23. The van der Waals surface area contributed by atoms with Gasteiger partial charge in [-0.25, -0.2) is 0 Å². The molecular formula is C15H22N2S. The molecule has 1 aromatic rings. The first kappa shape index (κ1) is 13.3. The van der Waals surface area contributed by atoms with Crippen molar-refractivity contribution in [3.05, 3.63) is 35.9 Å². The van der Waals surface area contributed by atoms with E-state index in [1.165, 1.54) is 18.4 Å². The van der Waals surface area contributed by atoms with E-state index in [-0.39, 0.29) is 0 Å². The minimum absolute atomic E-state index is 0.310. The molecule has 0 amide bonds. The highest BCUT2D eigenvalue weighted by Crippen LogP contribution is 2.22. The molecule has 1 aromatic carbocycles. The third kappa shape index (κ3) is 4.30. The Labute approximate surface area is 115 Å². The molecule has 2 N–H and O–H groups in total. The van der Waals surface area contributed by atoms with E-state index in [4.69, 9.17) is 12.2 Å². The van der Waals surface area contributed by atoms with Crippen molar-refractivity contribution in [3.63, 3.8) is 0 Å². The van der Waals surface area contributed by atoms with E-state index in [1.807, 2.05) is 0 Å². The molecule has 1 aliphatic carbocycles. The Kier molecular flexibility index (Phi) is 4.59. The van der Waals surface area contributed by atoms with Crippen LogP contribution in [0.1, 0.15) is 44.7 Å². The van der Waals surface area contributed by atoms with Crippen LogP contribution in [0.25, 0.3) is 0 Å². The predicted molar refractivity (Wildman–Crippen MR) is 80.5 cm³/mol. The number of thiocarbonyl (C=S) groups is 1. The normalized spacial score (nSPS) is 16.4. The lowest BCUT2D eigenvalue weighted by molar-refractivity contribution is 0.477. The summed E-state index contributed by atoms with van der Waals surface area (Å²) in [6.07, 6.45) is 3.60. The first-order chi connectivity index (χ1) is 8.65. The van der Waals surface area contributed by atoms with Crippen LogP contribution in [0.4, 0.5) is 0 Å². The van der Waals surface area contributed by atoms with Crippen LogP contribution in [0, 0.1) is 5.92 Å². The average Bonchev–Trinajstić information content (AvgIpc) is 3.12. The van der Waals surface area contributed by atoms with E-state index in [1.54, 1.807) is 0 Å². The zero-order chi connectivity index (χ0) is 13.0. The molecule has 0 bridgehead atoms. The van der Waals surface area contributed by atoms with Crippen molar-refractivity contribution in [3.8, 4) is 0 Å². The molecule has 0 aliphatic heterocycles. The van der Waals surface area contributed by atoms with Crippen molar-refractivity contribution in [2.75, 3.05) is 0 Å². The molecule has 3 heteroatoms. The van der Waals surface area contributed by atoms with Crippen LogP contribution in [0.5, 0.6) is 0 Å². The lowest BCUT2D eigenvalue weighted by Crippen LogP contribution is -2.39. The lowest BCUT2D eigenvalue weighted by Gasteiger charge is -2.23. The summed E-state index contributed by atoms with van der Waals surface area (Å²) in [6.45, 7) is 4.49. The summed E-state index contributed by atoms with van der Waals surface area (Å²) in [7, 11) is 0. The highest BCUT2D eigenvalue weighted by atomic mass is 32.1. The molecular weight excluding hydrogens is 240 g/mol. The summed E-state index contributed by atoms with van der Waals surface area (Å²) in [6, 6.07) is 11.5. The summed E-state index contributed by atoms with van der Waals surface area (Å²) < 4.78 is 0. The van der Waals surface area contributed by atoms with Crippen LogP contribution >= 0.6 is 12.2 Å². The van der Waals surface area contributed by atoms with E-state index in [0.717, 1.165) is 11.5 Å². The van der Waals surface area contributed by atoms with Gasteiger partial charge < -0.3 is 10.6 Å². The summed E-state index contributed by atoms with van der Waals surface area (Å²) in [4.78, 5) is 0. The second-order valence-electron chi connectivity index (χ2n) is 5.48. The fraction of sp³-hybridized carbons (Fsp3) is 0.533. The molecule has 1 atom stereocenters. The van der Waals surface area contributed by atoms with Gasteiger partial charge in [0.2, 0.25) is 0 Å². The molecule has 2 rings (SSSR count). The Bertz CT molecular complexity index is 385. The average molecular weight is 262 g/mol. The third-order valence-electron chi connectivity index (χ3n) is 3.13. The van der Waals surface area contributed by atoms with Crippen molar-refractivity contribution >= 4 is 17.3 Å². The van der Waals surface area contributed by atoms with Gasteiger partial charge in [-0.05, 0) is 43.0 Å². The zero-order valence-corrected chi connectivity index (χ0v) is 12.0. The van der Waals surface area contributed by atoms with Gasteiger partial charge in [-0.2, -0.15) is 0 Å². The monoisotopic (exact) mass is 262 g/mol. The minimum Gasteiger partial charge on any atom is -0.360 e. The minimum atomic E-state index is 0.310. The molecule has 0 spiro atoms. The molecule has 18 heavy (non-hydrogen) atoms. The molecule has 0 heterocycles. The van der Waals surface area contributed by atoms with Crippen LogP contribution in [-0.2, 0) is 0 Å². The van der Waals surface area contributed by atoms with Crippen LogP contribution in [0.15, 0.2) is 30.3 Å². The second kappa shape index (κ2) is 6.19. The fourth-order valence-electron chi connectivity index (χ4n) is 2.05. The molecule has 1 aliphatic rings. The maximum atomic E-state index is 5.38. The highest BCUT2D eigenvalue weighted by molar-refractivity contribution is 7.80. The SMILES string of the molecule is CC(C)C[C@@H](NC(=S)NC1CC1)c1ccccc1. The first-order valence-electron chi connectivity index (χ1n) is 6.77. The number of rotatable bonds is 5. The van der Waals surface area contributed by atoms with Crippen molar-refractivity contribution < 1.29 is 0 Å². The maximum absolute atomic E-state index is 5.38. The molecule has 98 valence electrons. The van der Waals surface area contributed by atoms with Crippen LogP contribution < -0.4 is 10.6 Å². The van der Waals surface area contributed by atoms with E-state index >= 15 is 0 Å². The molecule has 1 fully saturated rings. The van der Waals surface area contributed by atoms with Gasteiger partial charge in [0.1, 0.15) is 0 Å². The van der Waals surface area contributed by atoms with Gasteiger partial charge in [0.15, 0.2) is 5.11 Å². The Hall–Kier alpha value is -1.09. The summed E-state index contributed by atoms with van der Waals surface area (Å²) >= 11 is 5.38. The van der Waals surface area contributed by atoms with Crippen molar-refractivity contribution in [2.45, 2.75) is 45.2 Å². The Morgan fingerprint density at radius 1 is 1.28 bits per heavy atom. The quantitative estimate of drug-likeness (QED) is 0.795. The number of nitrogens with one attached hydrogen (secondary N) is 2. The summed E-state index contributed by atoms with van der Waals surface area (Å²) in [5.41, 5.74) is 1.31. The predicted octanol–water partition coefficient (Wildman–Crippen LogP) is 3.40. The van der Waals surface area contributed by atoms with Gasteiger partial charge in [-0.1, -0.05) is 44.2 Å². The van der Waals surface area contributed by atoms with Crippen molar-refractivity contribution in [1.82, 2.24) is 10.6 Å². The topological polar surface area (TPSA) is 24.1 Å². The molecule has 0 radical (unpaired) electrons. The number of hydrogen-bond acceptors (Lipinski definition) is 1. The van der Waals surface area contributed by atoms with Gasteiger partial charge in [0.05, 0.1) is 6.04 Å². The molecule has 1 saturated carbocycles. The summed E-state index contributed by atoms with van der Waals surface area (Å²) in [5.74, 6) is 0.645. The van der Waals surface area contributed by atoms with Crippen molar-refractivity contribution in [2.24, 2.45) is 5.92 Å². The van der Waals surface area contributed by atoms with Crippen LogP contribution in [-0.4, -0.2) is 11.2 Å². The Morgan fingerprint density at radius 2 is 1.94 bits per heavy atom. The Morgan fingerprint density at radius 3 is 2.50 bits per heavy atom. The fourth-order valence-corrected chi connectivity index (χ4v) is 2.36. The maximum Gasteiger partial charge on any atom is 0.166 e. The molecule has 0 saturated heterocycles. The van der Waals surface area contributed by atoms with E-state index in [0.29, 0.717) is 18.0 Å². The van der Waals surface area contributed by atoms with Gasteiger partial charge in [-0.3, -0.25) is 0 Å². The van der Waals surface area contributed by atoms with Gasteiger partial charge in [0.25, 0.3) is 0 Å². The van der Waals surface area contributed by atoms with Gasteiger partial charge >= 0.3 is 0 Å². The standard InChI is InChI=1S/C15H22N2S/c1-11(2)10-14(12-6-4-3-5-7-12)17-15(18)16-13-8-9-13/h3-7,11,13-14H,8-10H2,1-2H3,(H2,16,17,18)/t14-/m1/s1. The smallest absolute Gasteiger partial charge is 0.166 e. The van der Waals surface area contributed by atoms with E-state index in [2.05, 4.69) is 54.8 Å². The number of benzene rings is 1. The zero-order valence-electron chi connectivity index (χ0n) is 11.1. The van der Waals surface area contributed by atoms with Crippen molar-refractivity contribution in [1.29, 1.82) is 0 Å². The Balaban J connectivity index is 1.97. The lowest BCUT2D eigenvalue weighted by atomic mass is 9.97. The molecule has 0 unspecified atom stereocenters. The number of hydrogen-bond donors (Lipinski definition) is 2. The van der Waals surface area contributed by atoms with Crippen LogP contribution in [0.2, 0.25) is 0 Å². The van der Waals surface area contributed by atoms with E-state index in [9.17, 15) is 0 Å². The summed E-state index contributed by atoms with van der Waals surface area (Å²) in [5, 5.41) is 7.60. The molecule has 2 nitrogen and oxygen atoms in total. The van der Waals surface area contributed by atoms with Gasteiger partial charge in [0, 0.05) is 6.04 Å². The van der Waals surface area contributed by atoms with E-state index < -0.39 is 0 Å².